The smallest absolute Gasteiger partial charge is 0.291 e. The van der Waals surface area contributed by atoms with Crippen LogP contribution in [-0.4, -0.2) is 139 Å². The zero-order chi connectivity index (χ0) is 34.9. The summed E-state index contributed by atoms with van der Waals surface area (Å²) < 4.78 is 45.6. The van der Waals surface area contributed by atoms with Crippen LogP contribution in [0.4, 0.5) is 0 Å². The minimum atomic E-state index is -0.312. The van der Waals surface area contributed by atoms with Crippen LogP contribution in [0, 0.1) is 11.8 Å². The third-order valence-corrected chi connectivity index (χ3v) is 6.66. The molecule has 0 atom stereocenters. The Kier molecular flexibility index (Phi) is 29.5. The molecule has 0 aliphatic carbocycles. The molecular formula is C34H64N4O10. The van der Waals surface area contributed by atoms with Gasteiger partial charge in [0, 0.05) is 32.5 Å². The second-order valence-corrected chi connectivity index (χ2v) is 12.1. The second kappa shape index (κ2) is 32.2. The van der Waals surface area contributed by atoms with Crippen molar-refractivity contribution in [3.05, 3.63) is 12.2 Å². The number of amides is 1. The average Bonchev–Trinajstić information content (AvgIpc) is 3.52. The molecule has 280 valence electrons. The highest BCUT2D eigenvalue weighted by molar-refractivity contribution is 5.90. The molecule has 1 rings (SSSR count). The number of hydrogen-bond donors (Lipinski definition) is 1. The molecule has 0 radical (unpaired) electrons. The predicted octanol–water partition coefficient (Wildman–Crippen LogP) is 3.36. The van der Waals surface area contributed by atoms with Gasteiger partial charge in [-0.25, -0.2) is 4.98 Å². The van der Waals surface area contributed by atoms with Crippen molar-refractivity contribution < 1.29 is 47.5 Å². The Morgan fingerprint density at radius 2 is 1.04 bits per heavy atom. The first-order chi connectivity index (χ1) is 23.4. The molecule has 1 amide bonds. The molecule has 0 aliphatic heterocycles. The van der Waals surface area contributed by atoms with Gasteiger partial charge in [0.2, 0.25) is 5.82 Å². The van der Waals surface area contributed by atoms with Crippen LogP contribution < -0.4 is 5.32 Å². The van der Waals surface area contributed by atoms with Gasteiger partial charge in [-0.1, -0.05) is 40.5 Å². The number of unbranched alkanes of at least 4 members (excludes halogenated alkanes) is 1. The number of carbonyl (C=O) groups is 2. The number of rotatable bonds is 36. The number of aromatic nitrogens is 3. The first-order valence-corrected chi connectivity index (χ1v) is 17.7. The highest BCUT2D eigenvalue weighted by Gasteiger charge is 2.11. The minimum absolute atomic E-state index is 0.163. The van der Waals surface area contributed by atoms with Gasteiger partial charge in [0.1, 0.15) is 12.1 Å². The average molecular weight is 689 g/mol. The molecule has 0 unspecified atom stereocenters. The number of carbonyl (C=O) groups excluding carboxylic acids is 2. The Bertz CT molecular complexity index is 888. The Morgan fingerprint density at radius 1 is 0.604 bits per heavy atom. The molecule has 1 aromatic heterocycles. The number of ether oxygens (including phenoxy) is 8. The molecule has 14 nitrogen and oxygen atoms in total. The monoisotopic (exact) mass is 688 g/mol. The summed E-state index contributed by atoms with van der Waals surface area (Å²) in [5, 5.41) is 6.91. The van der Waals surface area contributed by atoms with Gasteiger partial charge in [0.15, 0.2) is 0 Å². The standard InChI is InChI=1S/C34H64N4O10/c1-30(2)8-5-6-9-32(39)10-7-12-41-14-16-43-18-20-45-22-24-47-26-27-48-25-23-46-21-19-44-17-15-42-13-11-35-34(40)33-36-29-38(37-33)28-31(3)4/h29-31H,5-28H2,1-4H3,(H,35,40). The molecule has 0 saturated carbocycles. The number of nitrogens with one attached hydrogen (secondary N) is 1. The molecule has 0 bridgehead atoms. The third kappa shape index (κ3) is 28.9. The molecule has 1 aromatic rings. The van der Waals surface area contributed by atoms with E-state index in [2.05, 4.69) is 43.1 Å². The van der Waals surface area contributed by atoms with E-state index >= 15 is 0 Å². The summed E-state index contributed by atoms with van der Waals surface area (Å²) in [6, 6.07) is 0. The maximum absolute atomic E-state index is 12.0. The van der Waals surface area contributed by atoms with Gasteiger partial charge in [0.25, 0.3) is 5.91 Å². The Hall–Kier alpha value is -2.04. The van der Waals surface area contributed by atoms with E-state index in [0.717, 1.165) is 25.8 Å². The number of ketones is 1. The first kappa shape index (κ1) is 44.0. The topological polar surface area (TPSA) is 151 Å². The summed E-state index contributed by atoms with van der Waals surface area (Å²) in [5.74, 6) is 1.33. The van der Waals surface area contributed by atoms with E-state index in [0.29, 0.717) is 143 Å². The molecule has 0 saturated heterocycles. The lowest BCUT2D eigenvalue weighted by Crippen LogP contribution is -2.28. The van der Waals surface area contributed by atoms with Crippen LogP contribution in [0.1, 0.15) is 76.8 Å². The van der Waals surface area contributed by atoms with Crippen molar-refractivity contribution in [2.75, 3.05) is 112 Å². The Morgan fingerprint density at radius 3 is 1.50 bits per heavy atom. The van der Waals surface area contributed by atoms with E-state index < -0.39 is 0 Å². The van der Waals surface area contributed by atoms with Crippen molar-refractivity contribution in [2.45, 2.75) is 72.8 Å². The Labute approximate surface area is 288 Å². The van der Waals surface area contributed by atoms with Crippen LogP contribution in [0.15, 0.2) is 6.33 Å². The lowest BCUT2D eigenvalue weighted by atomic mass is 10.0. The van der Waals surface area contributed by atoms with E-state index in [1.165, 1.54) is 6.42 Å². The van der Waals surface area contributed by atoms with Crippen LogP contribution >= 0.6 is 0 Å². The summed E-state index contributed by atoms with van der Waals surface area (Å²) in [6.07, 6.45) is 6.98. The van der Waals surface area contributed by atoms with E-state index in [9.17, 15) is 9.59 Å². The van der Waals surface area contributed by atoms with E-state index in [1.807, 2.05) is 0 Å². The van der Waals surface area contributed by atoms with E-state index in [4.69, 9.17) is 37.9 Å². The molecule has 0 aromatic carbocycles. The van der Waals surface area contributed by atoms with Crippen LogP contribution in [-0.2, 0) is 49.2 Å². The van der Waals surface area contributed by atoms with Crippen LogP contribution in [0.25, 0.3) is 0 Å². The zero-order valence-corrected chi connectivity index (χ0v) is 30.1. The molecule has 1 N–H and O–H groups in total. The maximum atomic E-state index is 12.0. The largest absolute Gasteiger partial charge is 0.379 e. The fraction of sp³-hybridized carbons (Fsp3) is 0.882. The lowest BCUT2D eigenvalue weighted by molar-refractivity contribution is -0.119. The highest BCUT2D eigenvalue weighted by Crippen LogP contribution is 2.09. The second-order valence-electron chi connectivity index (χ2n) is 12.1. The summed E-state index contributed by atoms with van der Waals surface area (Å²) in [5.41, 5.74) is 0. The van der Waals surface area contributed by atoms with Gasteiger partial charge in [0.05, 0.1) is 99.1 Å². The summed E-state index contributed by atoms with van der Waals surface area (Å²) >= 11 is 0. The normalized spacial score (nSPS) is 11.6. The molecule has 0 aliphatic rings. The zero-order valence-electron chi connectivity index (χ0n) is 30.1. The van der Waals surface area contributed by atoms with Gasteiger partial charge in [-0.05, 0) is 24.7 Å². The fourth-order valence-corrected chi connectivity index (χ4v) is 4.19. The number of hydrogen-bond acceptors (Lipinski definition) is 12. The highest BCUT2D eigenvalue weighted by atomic mass is 16.6. The molecule has 0 fully saturated rings. The first-order valence-electron chi connectivity index (χ1n) is 17.7. The minimum Gasteiger partial charge on any atom is -0.379 e. The van der Waals surface area contributed by atoms with Gasteiger partial charge >= 0.3 is 0 Å². The predicted molar refractivity (Wildman–Crippen MR) is 181 cm³/mol. The molecule has 0 spiro atoms. The lowest BCUT2D eigenvalue weighted by Gasteiger charge is -2.09. The van der Waals surface area contributed by atoms with Crippen molar-refractivity contribution in [3.63, 3.8) is 0 Å². The van der Waals surface area contributed by atoms with Crippen molar-refractivity contribution in [1.29, 1.82) is 0 Å². The summed E-state index contributed by atoms with van der Waals surface area (Å²) in [4.78, 5) is 27.9. The fourth-order valence-electron chi connectivity index (χ4n) is 4.19. The van der Waals surface area contributed by atoms with E-state index in [-0.39, 0.29) is 11.7 Å². The van der Waals surface area contributed by atoms with Crippen LogP contribution in [0.3, 0.4) is 0 Å². The van der Waals surface area contributed by atoms with Gasteiger partial charge in [-0.2, -0.15) is 0 Å². The Balaban J connectivity index is 1.70. The summed E-state index contributed by atoms with van der Waals surface area (Å²) in [7, 11) is 0. The van der Waals surface area contributed by atoms with E-state index in [1.54, 1.807) is 11.0 Å². The van der Waals surface area contributed by atoms with Gasteiger partial charge in [-0.3, -0.25) is 14.3 Å². The quantitative estimate of drug-likeness (QED) is 0.103. The van der Waals surface area contributed by atoms with Crippen molar-refractivity contribution in [3.8, 4) is 0 Å². The van der Waals surface area contributed by atoms with Gasteiger partial charge in [-0.15, -0.1) is 5.10 Å². The molecular weight excluding hydrogens is 624 g/mol. The van der Waals surface area contributed by atoms with Crippen LogP contribution in [0.2, 0.25) is 0 Å². The van der Waals surface area contributed by atoms with Crippen molar-refractivity contribution in [2.24, 2.45) is 11.8 Å². The van der Waals surface area contributed by atoms with Gasteiger partial charge < -0.3 is 43.2 Å². The van der Waals surface area contributed by atoms with Crippen molar-refractivity contribution >= 4 is 11.7 Å². The molecule has 1 heterocycles. The number of nitrogens with zero attached hydrogens (tertiary/aromatic N) is 3. The summed E-state index contributed by atoms with van der Waals surface area (Å²) in [6.45, 7) is 17.5. The third-order valence-electron chi connectivity index (χ3n) is 6.66. The van der Waals surface area contributed by atoms with Crippen molar-refractivity contribution in [1.82, 2.24) is 20.1 Å². The molecule has 14 heteroatoms. The number of Topliss-reactive ketones (excluding diaryl/α,β-unsaturated/α-hetero) is 1. The maximum Gasteiger partial charge on any atom is 0.291 e. The van der Waals surface area contributed by atoms with Crippen LogP contribution in [0.5, 0.6) is 0 Å². The molecule has 48 heavy (non-hydrogen) atoms. The SMILES string of the molecule is CC(C)CCCCC(=O)CCCOCCOCCOCCOCCOCCOCCOCCOCCNC(=O)c1ncn(CC(C)C)n1.